The molecule has 52 heavy (non-hydrogen) atoms. The van der Waals surface area contributed by atoms with E-state index in [1.165, 1.54) is 30.5 Å². The maximum absolute atomic E-state index is 13.1. The molecule has 0 saturated heterocycles. The molecule has 0 bridgehead atoms. The molecule has 2 aromatic carbocycles. The van der Waals surface area contributed by atoms with Gasteiger partial charge < -0.3 is 40.2 Å². The normalized spacial score (nSPS) is 11.1. The number of hydrogen-bond acceptors (Lipinski definition) is 15. The van der Waals surface area contributed by atoms with Gasteiger partial charge in [0.1, 0.15) is 25.9 Å². The molecule has 0 aliphatic heterocycles. The van der Waals surface area contributed by atoms with Gasteiger partial charge in [-0.05, 0) is 41.7 Å². The van der Waals surface area contributed by atoms with Crippen LogP contribution in [0.15, 0.2) is 80.0 Å². The van der Waals surface area contributed by atoms with Gasteiger partial charge >= 0.3 is 25.2 Å². The van der Waals surface area contributed by atoms with Crippen molar-refractivity contribution in [1.29, 1.82) is 0 Å². The lowest BCUT2D eigenvalue weighted by molar-refractivity contribution is -0.146. The monoisotopic (exact) mass is 712 g/mol. The van der Waals surface area contributed by atoms with E-state index in [0.717, 1.165) is 0 Å². The quantitative estimate of drug-likeness (QED) is 0.0450. The summed E-state index contributed by atoms with van der Waals surface area (Å²) >= 11 is 0. The zero-order valence-corrected chi connectivity index (χ0v) is 28.2. The molecule has 4 aromatic rings. The lowest BCUT2D eigenvalue weighted by Gasteiger charge is -2.20. The van der Waals surface area contributed by atoms with Gasteiger partial charge in [0, 0.05) is 24.7 Å². The number of carbonyl (C=O) groups is 4. The van der Waals surface area contributed by atoms with E-state index in [9.17, 15) is 29.2 Å². The summed E-state index contributed by atoms with van der Waals surface area (Å²) in [5.74, 6) is -1.97. The maximum atomic E-state index is 13.1. The van der Waals surface area contributed by atoms with E-state index >= 15 is 0 Å². The van der Waals surface area contributed by atoms with Crippen LogP contribution in [-0.4, -0.2) is 87.3 Å². The Morgan fingerprint density at radius 3 is 2.33 bits per heavy atom. The fourth-order valence-corrected chi connectivity index (χ4v) is 4.61. The summed E-state index contributed by atoms with van der Waals surface area (Å²) in [5.41, 5.74) is 8.50. The molecule has 1 unspecified atom stereocenters. The van der Waals surface area contributed by atoms with Gasteiger partial charge in [-0.15, -0.1) is 0 Å². The Morgan fingerprint density at radius 1 is 0.962 bits per heavy atom. The Labute approximate surface area is 298 Å². The predicted molar refractivity (Wildman–Crippen MR) is 191 cm³/mol. The molecule has 2 heterocycles. The second-order valence-electron chi connectivity index (χ2n) is 11.1. The molecule has 0 spiro atoms. The molecule has 6 N–H and O–H groups in total. The lowest BCUT2D eigenvalue weighted by Crippen LogP contribution is -2.42. The molecule has 270 valence electrons. The zero-order valence-electron chi connectivity index (χ0n) is 28.2. The number of benzene rings is 2. The number of rotatable bonds is 17. The molecule has 0 aliphatic rings. The van der Waals surface area contributed by atoms with Gasteiger partial charge in [-0.1, -0.05) is 49.6 Å². The van der Waals surface area contributed by atoms with Crippen molar-refractivity contribution in [2.45, 2.75) is 32.0 Å². The predicted octanol–water partition coefficient (Wildman–Crippen LogP) is 1.40. The van der Waals surface area contributed by atoms with Crippen molar-refractivity contribution in [1.82, 2.24) is 25.3 Å². The van der Waals surface area contributed by atoms with E-state index in [2.05, 4.69) is 43.7 Å². The van der Waals surface area contributed by atoms with Gasteiger partial charge in [-0.25, -0.2) is 19.6 Å². The highest BCUT2D eigenvalue weighted by atomic mass is 16.5. The third-order valence-corrected chi connectivity index (χ3v) is 7.24. The van der Waals surface area contributed by atoms with E-state index < -0.39 is 37.1 Å². The molecule has 4 rings (SSSR count). The molecule has 0 radical (unpaired) electrons. The number of hydrogen-bond donors (Lipinski definition) is 5. The Bertz CT molecular complexity index is 1910. The third kappa shape index (κ3) is 11.1. The topological polar surface area (TPSA) is 241 Å². The Kier molecular flexibility index (Phi) is 13.7. The molecular weight excluding hydrogens is 675 g/mol. The number of nitrogens with zero attached hydrogens (tertiary/aromatic N) is 5. The minimum Gasteiger partial charge on any atom is -0.461 e. The molecule has 2 aromatic heterocycles. The molecule has 18 heteroatoms. The van der Waals surface area contributed by atoms with Crippen LogP contribution in [0.1, 0.15) is 34.5 Å². The van der Waals surface area contributed by atoms with Gasteiger partial charge in [-0.3, -0.25) is 14.9 Å². The van der Waals surface area contributed by atoms with Gasteiger partial charge in [0.2, 0.25) is 5.95 Å². The highest BCUT2D eigenvalue weighted by molar-refractivity contribution is 6.58. The van der Waals surface area contributed by atoms with Gasteiger partial charge in [-0.2, -0.15) is 9.97 Å². The summed E-state index contributed by atoms with van der Waals surface area (Å²) in [5, 5.41) is 23.6. The van der Waals surface area contributed by atoms with Crippen LogP contribution in [0.2, 0.25) is 0 Å². The van der Waals surface area contributed by atoms with Crippen LogP contribution < -0.4 is 26.7 Å². The smallest absolute Gasteiger partial charge is 0.461 e. The van der Waals surface area contributed by atoms with E-state index in [0.29, 0.717) is 22.4 Å². The standard InChI is InChI=1S/C34H37BN8O9/c1-4-16-50-27(44)15-14-26(32(46)51-17-5-2)39-31(45)22-8-12-25(13-9-22)43(3)19-24-18-37-29-28(38-24)30(41-33(36)40-29)42-34(47)52-20-21-6-10-23(11-7-21)35(48)49/h4-13,18,26,48-49H,1-2,14-17,19-20H2,3H3,(H,39,45)(H3,36,37,40,41,42,47). The average Bonchev–Trinajstić information content (AvgIpc) is 3.14. The first-order valence-corrected chi connectivity index (χ1v) is 15.8. The molecule has 17 nitrogen and oxygen atoms in total. The SMILES string of the molecule is C=CCOC(=O)CCC(NC(=O)c1ccc(N(C)Cc2cnc3nc(N)nc(NC(=O)OCc4ccc(B(O)O)cc4)c3n2)cc1)C(=O)OCC=C. The number of esters is 2. The van der Waals surface area contributed by atoms with E-state index in [4.69, 9.17) is 19.9 Å². The van der Waals surface area contributed by atoms with Crippen molar-refractivity contribution in [3.63, 3.8) is 0 Å². The van der Waals surface area contributed by atoms with E-state index in [-0.39, 0.29) is 67.7 Å². The molecule has 1 atom stereocenters. The minimum absolute atomic E-state index is 0.0149. The number of amides is 2. The summed E-state index contributed by atoms with van der Waals surface area (Å²) < 4.78 is 15.3. The number of anilines is 3. The molecular formula is C34H37BN8O9. The second kappa shape index (κ2) is 18.6. The van der Waals surface area contributed by atoms with Crippen LogP contribution in [-0.2, 0) is 37.0 Å². The fraction of sp³-hybridized carbons (Fsp3) is 0.235. The van der Waals surface area contributed by atoms with Crippen molar-refractivity contribution in [2.75, 3.05) is 36.2 Å². The number of fused-ring (bicyclic) bond motifs is 1. The average molecular weight is 713 g/mol. The number of nitrogen functional groups attached to an aromatic ring is 1. The first-order chi connectivity index (χ1) is 25.0. The fourth-order valence-electron chi connectivity index (χ4n) is 4.61. The lowest BCUT2D eigenvalue weighted by atomic mass is 9.80. The maximum Gasteiger partial charge on any atom is 0.488 e. The van der Waals surface area contributed by atoms with Crippen molar-refractivity contribution >= 4 is 65.1 Å². The summed E-state index contributed by atoms with van der Waals surface area (Å²) in [6.45, 7) is 7.11. The van der Waals surface area contributed by atoms with Crippen molar-refractivity contribution < 1.29 is 43.4 Å². The van der Waals surface area contributed by atoms with E-state index in [1.54, 1.807) is 43.4 Å². The van der Waals surface area contributed by atoms with E-state index in [1.807, 2.05) is 4.90 Å². The Hall–Kier alpha value is -6.40. The molecule has 0 saturated carbocycles. The van der Waals surface area contributed by atoms with Crippen LogP contribution in [0.5, 0.6) is 0 Å². The van der Waals surface area contributed by atoms with Crippen molar-refractivity contribution in [3.8, 4) is 0 Å². The number of nitrogens with two attached hydrogens (primary N) is 1. The van der Waals surface area contributed by atoms with Gasteiger partial charge in [0.05, 0.1) is 18.4 Å². The summed E-state index contributed by atoms with van der Waals surface area (Å²) in [4.78, 5) is 69.1. The molecule has 0 fully saturated rings. The van der Waals surface area contributed by atoms with Gasteiger partial charge in [0.15, 0.2) is 17.0 Å². The van der Waals surface area contributed by atoms with Crippen molar-refractivity contribution in [3.05, 3.63) is 96.9 Å². The highest BCUT2D eigenvalue weighted by Crippen LogP contribution is 2.21. The molecule has 0 aliphatic carbocycles. The Morgan fingerprint density at radius 2 is 1.65 bits per heavy atom. The first-order valence-electron chi connectivity index (χ1n) is 15.8. The van der Waals surface area contributed by atoms with Crippen LogP contribution in [0.4, 0.5) is 22.2 Å². The van der Waals surface area contributed by atoms with Crippen LogP contribution >= 0.6 is 0 Å². The van der Waals surface area contributed by atoms with Gasteiger partial charge in [0.25, 0.3) is 5.91 Å². The number of carbonyl (C=O) groups excluding carboxylic acids is 4. The number of ether oxygens (including phenoxy) is 3. The summed E-state index contributed by atoms with van der Waals surface area (Å²) in [6.07, 6.45) is 3.31. The first kappa shape index (κ1) is 38.4. The second-order valence-corrected chi connectivity index (χ2v) is 11.1. The molecule has 2 amide bonds. The number of nitrogens with one attached hydrogen (secondary N) is 2. The zero-order chi connectivity index (χ0) is 37.6. The third-order valence-electron chi connectivity index (χ3n) is 7.24. The van der Waals surface area contributed by atoms with Crippen molar-refractivity contribution in [2.24, 2.45) is 0 Å². The van der Waals surface area contributed by atoms with Crippen LogP contribution in [0, 0.1) is 0 Å². The highest BCUT2D eigenvalue weighted by Gasteiger charge is 2.24. The summed E-state index contributed by atoms with van der Waals surface area (Å²) in [6, 6.07) is 11.6. The Balaban J connectivity index is 1.40. The number of aromatic nitrogens is 4. The summed E-state index contributed by atoms with van der Waals surface area (Å²) in [7, 11) is 0.183. The van der Waals surface area contributed by atoms with Crippen LogP contribution in [0.25, 0.3) is 11.2 Å². The minimum atomic E-state index is -1.61. The largest absolute Gasteiger partial charge is 0.488 e. The van der Waals surface area contributed by atoms with Crippen LogP contribution in [0.3, 0.4) is 0 Å².